The molecule has 94 valence electrons. The Labute approximate surface area is 99.4 Å². The second-order valence-electron chi connectivity index (χ2n) is 5.29. The summed E-state index contributed by atoms with van der Waals surface area (Å²) in [4.78, 5) is 10.6. The van der Waals surface area contributed by atoms with Crippen LogP contribution >= 0.6 is 0 Å². The Morgan fingerprint density at radius 1 is 1.19 bits per heavy atom. The summed E-state index contributed by atoms with van der Waals surface area (Å²) in [6.07, 6.45) is 9.04. The lowest BCUT2D eigenvalue weighted by Gasteiger charge is -2.18. The molecule has 0 spiro atoms. The number of carboxylic acid groups (broad SMARTS) is 1. The van der Waals surface area contributed by atoms with E-state index in [0.717, 1.165) is 18.3 Å². The Hall–Kier alpha value is -0.530. The zero-order valence-electron chi connectivity index (χ0n) is 10.7. The highest BCUT2D eigenvalue weighted by Gasteiger charge is 2.31. The van der Waals surface area contributed by atoms with E-state index in [9.17, 15) is 4.79 Å². The molecule has 1 saturated carbocycles. The average molecular weight is 226 g/mol. The Kier molecular flexibility index (Phi) is 5.86. The van der Waals surface area contributed by atoms with Crippen LogP contribution in [0.5, 0.6) is 0 Å². The van der Waals surface area contributed by atoms with Crippen LogP contribution in [0.4, 0.5) is 0 Å². The smallest absolute Gasteiger partial charge is 0.303 e. The van der Waals surface area contributed by atoms with Gasteiger partial charge in [0.05, 0.1) is 0 Å². The number of aliphatic carboxylic acids is 1. The predicted octanol–water partition coefficient (Wildman–Crippen LogP) is 4.09. The number of carbonyl (C=O) groups is 1. The summed E-state index contributed by atoms with van der Waals surface area (Å²) in [5.74, 6) is 1.77. The standard InChI is InChI=1S/C14H26O2/c1-3-11(4-2)5-6-12(13-7-8-13)9-10-14(15)16/h11-13H,3-10H2,1-2H3,(H,15,16). The summed E-state index contributed by atoms with van der Waals surface area (Å²) in [6.45, 7) is 4.52. The number of hydrogen-bond acceptors (Lipinski definition) is 1. The number of hydrogen-bond donors (Lipinski definition) is 1. The molecule has 1 N–H and O–H groups in total. The number of rotatable bonds is 9. The fourth-order valence-corrected chi connectivity index (χ4v) is 2.64. The second-order valence-corrected chi connectivity index (χ2v) is 5.29. The maximum atomic E-state index is 10.6. The highest BCUT2D eigenvalue weighted by Crippen LogP contribution is 2.42. The number of carboxylic acids is 1. The van der Waals surface area contributed by atoms with E-state index in [1.807, 2.05) is 0 Å². The summed E-state index contributed by atoms with van der Waals surface area (Å²) in [6, 6.07) is 0. The molecule has 0 aromatic heterocycles. The molecule has 2 nitrogen and oxygen atoms in total. The van der Waals surface area contributed by atoms with Gasteiger partial charge in [0.1, 0.15) is 0 Å². The first-order valence-corrected chi connectivity index (χ1v) is 6.89. The summed E-state index contributed by atoms with van der Waals surface area (Å²) in [5, 5.41) is 8.73. The van der Waals surface area contributed by atoms with Crippen LogP contribution in [-0.2, 0) is 4.79 Å². The molecule has 0 saturated heterocycles. The molecule has 1 aliphatic carbocycles. The average Bonchev–Trinajstić information content (AvgIpc) is 3.07. The third-order valence-electron chi connectivity index (χ3n) is 4.12. The van der Waals surface area contributed by atoms with Gasteiger partial charge in [0.15, 0.2) is 0 Å². The first-order valence-electron chi connectivity index (χ1n) is 6.89. The Balaban J connectivity index is 2.24. The van der Waals surface area contributed by atoms with E-state index >= 15 is 0 Å². The zero-order valence-corrected chi connectivity index (χ0v) is 10.7. The molecule has 1 unspecified atom stereocenters. The van der Waals surface area contributed by atoms with E-state index in [4.69, 9.17) is 5.11 Å². The molecule has 1 fully saturated rings. The predicted molar refractivity (Wildman–Crippen MR) is 66.4 cm³/mol. The maximum Gasteiger partial charge on any atom is 0.303 e. The van der Waals surface area contributed by atoms with E-state index in [0.29, 0.717) is 12.3 Å². The molecule has 1 atom stereocenters. The normalized spacial score (nSPS) is 17.7. The zero-order chi connectivity index (χ0) is 12.0. The molecular weight excluding hydrogens is 200 g/mol. The van der Waals surface area contributed by atoms with Crippen LogP contribution in [0.15, 0.2) is 0 Å². The van der Waals surface area contributed by atoms with Crippen LogP contribution in [0.25, 0.3) is 0 Å². The van der Waals surface area contributed by atoms with Crippen LogP contribution in [0.3, 0.4) is 0 Å². The fourth-order valence-electron chi connectivity index (χ4n) is 2.64. The lowest BCUT2D eigenvalue weighted by molar-refractivity contribution is -0.137. The molecule has 1 aliphatic rings. The van der Waals surface area contributed by atoms with Crippen molar-refractivity contribution in [3.8, 4) is 0 Å². The van der Waals surface area contributed by atoms with Gasteiger partial charge in [-0.15, -0.1) is 0 Å². The van der Waals surface area contributed by atoms with Gasteiger partial charge < -0.3 is 5.11 Å². The van der Waals surface area contributed by atoms with Crippen molar-refractivity contribution in [1.29, 1.82) is 0 Å². The minimum atomic E-state index is -0.631. The molecule has 0 heterocycles. The summed E-state index contributed by atoms with van der Waals surface area (Å²) in [7, 11) is 0. The lowest BCUT2D eigenvalue weighted by atomic mass is 9.87. The van der Waals surface area contributed by atoms with Crippen LogP contribution in [-0.4, -0.2) is 11.1 Å². The van der Waals surface area contributed by atoms with Crippen molar-refractivity contribution >= 4 is 5.97 Å². The molecule has 0 aromatic rings. The van der Waals surface area contributed by atoms with Crippen LogP contribution in [0.2, 0.25) is 0 Å². The summed E-state index contributed by atoms with van der Waals surface area (Å²) >= 11 is 0. The van der Waals surface area contributed by atoms with Crippen LogP contribution in [0.1, 0.15) is 65.2 Å². The highest BCUT2D eigenvalue weighted by atomic mass is 16.4. The van der Waals surface area contributed by atoms with E-state index in [-0.39, 0.29) is 0 Å². The van der Waals surface area contributed by atoms with Crippen molar-refractivity contribution in [2.45, 2.75) is 65.2 Å². The quantitative estimate of drug-likeness (QED) is 0.643. The van der Waals surface area contributed by atoms with Crippen molar-refractivity contribution < 1.29 is 9.90 Å². The van der Waals surface area contributed by atoms with Gasteiger partial charge >= 0.3 is 5.97 Å². The van der Waals surface area contributed by atoms with Crippen LogP contribution < -0.4 is 0 Å². The maximum absolute atomic E-state index is 10.6. The molecule has 2 heteroatoms. The topological polar surface area (TPSA) is 37.3 Å². The van der Waals surface area contributed by atoms with Crippen molar-refractivity contribution in [2.24, 2.45) is 17.8 Å². The molecule has 0 amide bonds. The molecule has 16 heavy (non-hydrogen) atoms. The lowest BCUT2D eigenvalue weighted by Crippen LogP contribution is -2.09. The molecule has 0 bridgehead atoms. The van der Waals surface area contributed by atoms with Gasteiger partial charge in [-0.05, 0) is 43.4 Å². The third-order valence-corrected chi connectivity index (χ3v) is 4.12. The molecule has 0 radical (unpaired) electrons. The van der Waals surface area contributed by atoms with Crippen LogP contribution in [0, 0.1) is 17.8 Å². The van der Waals surface area contributed by atoms with Gasteiger partial charge in [-0.25, -0.2) is 0 Å². The first-order chi connectivity index (χ1) is 7.67. The minimum Gasteiger partial charge on any atom is -0.481 e. The first kappa shape index (κ1) is 13.5. The van der Waals surface area contributed by atoms with Gasteiger partial charge in [-0.1, -0.05) is 33.1 Å². The Bertz CT molecular complexity index is 205. The third kappa shape index (κ3) is 5.00. The molecular formula is C14H26O2. The summed E-state index contributed by atoms with van der Waals surface area (Å²) in [5.41, 5.74) is 0. The van der Waals surface area contributed by atoms with Crippen molar-refractivity contribution in [1.82, 2.24) is 0 Å². The van der Waals surface area contributed by atoms with Gasteiger partial charge in [-0.2, -0.15) is 0 Å². The van der Waals surface area contributed by atoms with E-state index in [2.05, 4.69) is 13.8 Å². The van der Waals surface area contributed by atoms with Gasteiger partial charge in [-0.3, -0.25) is 4.79 Å². The SMILES string of the molecule is CCC(CC)CCC(CCC(=O)O)C1CC1. The Morgan fingerprint density at radius 3 is 2.25 bits per heavy atom. The fraction of sp³-hybridized carbons (Fsp3) is 0.929. The van der Waals surface area contributed by atoms with Gasteiger partial charge in [0.25, 0.3) is 0 Å². The van der Waals surface area contributed by atoms with E-state index in [1.165, 1.54) is 38.5 Å². The monoisotopic (exact) mass is 226 g/mol. The second kappa shape index (κ2) is 6.93. The van der Waals surface area contributed by atoms with E-state index < -0.39 is 5.97 Å². The molecule has 1 rings (SSSR count). The highest BCUT2D eigenvalue weighted by molar-refractivity contribution is 5.66. The van der Waals surface area contributed by atoms with Crippen molar-refractivity contribution in [3.05, 3.63) is 0 Å². The van der Waals surface area contributed by atoms with Gasteiger partial charge in [0, 0.05) is 6.42 Å². The summed E-state index contributed by atoms with van der Waals surface area (Å²) < 4.78 is 0. The molecule has 0 aromatic carbocycles. The van der Waals surface area contributed by atoms with Gasteiger partial charge in [0.2, 0.25) is 0 Å². The van der Waals surface area contributed by atoms with Crippen molar-refractivity contribution in [3.63, 3.8) is 0 Å². The Morgan fingerprint density at radius 2 is 1.81 bits per heavy atom. The van der Waals surface area contributed by atoms with Crippen molar-refractivity contribution in [2.75, 3.05) is 0 Å². The minimum absolute atomic E-state index is 0.365. The molecule has 0 aliphatic heterocycles. The van der Waals surface area contributed by atoms with E-state index in [1.54, 1.807) is 0 Å². The largest absolute Gasteiger partial charge is 0.481 e.